The zero-order valence-electron chi connectivity index (χ0n) is 8.44. The van der Waals surface area contributed by atoms with Gasteiger partial charge in [-0.3, -0.25) is 0 Å². The Bertz CT molecular complexity index is 290. The van der Waals surface area contributed by atoms with Gasteiger partial charge in [-0.2, -0.15) is 0 Å². The van der Waals surface area contributed by atoms with E-state index in [0.717, 1.165) is 32.1 Å². The van der Waals surface area contributed by atoms with Crippen LogP contribution in [0.3, 0.4) is 0 Å². The van der Waals surface area contributed by atoms with Crippen LogP contribution in [0, 0.1) is 0 Å². The highest BCUT2D eigenvalue weighted by atomic mass is 16.4. The number of piperazine rings is 1. The van der Waals surface area contributed by atoms with Gasteiger partial charge in [0.2, 0.25) is 0 Å². The first kappa shape index (κ1) is 9.55. The summed E-state index contributed by atoms with van der Waals surface area (Å²) in [6.07, 6.45) is 0. The summed E-state index contributed by atoms with van der Waals surface area (Å²) in [6, 6.07) is 3.75. The van der Waals surface area contributed by atoms with Gasteiger partial charge < -0.3 is 19.3 Å². The van der Waals surface area contributed by atoms with Crippen molar-refractivity contribution in [3.8, 4) is 0 Å². The SMILES string of the molecule is CN1CCN(c2ccc(CO)o2)CC1. The highest BCUT2D eigenvalue weighted by molar-refractivity contribution is 5.36. The van der Waals surface area contributed by atoms with E-state index >= 15 is 0 Å². The lowest BCUT2D eigenvalue weighted by Crippen LogP contribution is -2.44. The molecule has 0 radical (unpaired) electrons. The third-order valence-electron chi connectivity index (χ3n) is 2.62. The first-order chi connectivity index (χ1) is 6.79. The Labute approximate surface area is 83.7 Å². The third kappa shape index (κ3) is 1.91. The Morgan fingerprint density at radius 3 is 2.57 bits per heavy atom. The molecular formula is C10H16N2O2. The number of hydrogen-bond acceptors (Lipinski definition) is 4. The van der Waals surface area contributed by atoms with Crippen LogP contribution in [-0.4, -0.2) is 43.2 Å². The molecule has 0 spiro atoms. The molecule has 1 aliphatic heterocycles. The molecule has 2 rings (SSSR count). The summed E-state index contributed by atoms with van der Waals surface area (Å²) in [6.45, 7) is 4.10. The molecule has 0 aromatic carbocycles. The summed E-state index contributed by atoms with van der Waals surface area (Å²) in [7, 11) is 2.12. The topological polar surface area (TPSA) is 39.9 Å². The van der Waals surface area contributed by atoms with Gasteiger partial charge in [0.1, 0.15) is 12.4 Å². The van der Waals surface area contributed by atoms with Gasteiger partial charge in [-0.1, -0.05) is 0 Å². The predicted octanol–water partition coefficient (Wildman–Crippen LogP) is 0.524. The van der Waals surface area contributed by atoms with Crippen molar-refractivity contribution in [3.63, 3.8) is 0 Å². The average Bonchev–Trinajstić information content (AvgIpc) is 2.67. The molecule has 4 heteroatoms. The van der Waals surface area contributed by atoms with E-state index in [4.69, 9.17) is 9.52 Å². The van der Waals surface area contributed by atoms with Crippen molar-refractivity contribution in [1.82, 2.24) is 4.90 Å². The second-order valence-corrected chi connectivity index (χ2v) is 3.69. The minimum absolute atomic E-state index is 0.0201. The van der Waals surface area contributed by atoms with E-state index in [0.29, 0.717) is 5.76 Å². The largest absolute Gasteiger partial charge is 0.443 e. The molecule has 1 aromatic heterocycles. The van der Waals surface area contributed by atoms with E-state index in [-0.39, 0.29) is 6.61 Å². The van der Waals surface area contributed by atoms with E-state index in [1.807, 2.05) is 12.1 Å². The quantitative estimate of drug-likeness (QED) is 0.748. The summed E-state index contributed by atoms with van der Waals surface area (Å²) in [4.78, 5) is 4.51. The number of hydrogen-bond donors (Lipinski definition) is 1. The standard InChI is InChI=1S/C10H16N2O2/c1-11-4-6-12(7-5-11)10-3-2-9(8-13)14-10/h2-3,13H,4-8H2,1H3. The van der Waals surface area contributed by atoms with Crippen molar-refractivity contribution in [2.75, 3.05) is 38.1 Å². The molecule has 0 aliphatic carbocycles. The van der Waals surface area contributed by atoms with Gasteiger partial charge in [0.25, 0.3) is 0 Å². The monoisotopic (exact) mass is 196 g/mol. The lowest BCUT2D eigenvalue weighted by Gasteiger charge is -2.32. The van der Waals surface area contributed by atoms with Crippen molar-refractivity contribution >= 4 is 5.88 Å². The van der Waals surface area contributed by atoms with Crippen LogP contribution < -0.4 is 4.90 Å². The Kier molecular flexibility index (Phi) is 2.74. The van der Waals surface area contributed by atoms with Crippen LogP contribution in [0.2, 0.25) is 0 Å². The van der Waals surface area contributed by atoms with Gasteiger partial charge in [-0.05, 0) is 13.1 Å². The fraction of sp³-hybridized carbons (Fsp3) is 0.600. The molecule has 78 valence electrons. The Balaban J connectivity index is 2.01. The third-order valence-corrected chi connectivity index (χ3v) is 2.62. The van der Waals surface area contributed by atoms with E-state index in [1.165, 1.54) is 0 Å². The first-order valence-electron chi connectivity index (χ1n) is 4.92. The van der Waals surface area contributed by atoms with E-state index in [2.05, 4.69) is 16.8 Å². The molecule has 0 unspecified atom stereocenters. The van der Waals surface area contributed by atoms with Crippen molar-refractivity contribution in [1.29, 1.82) is 0 Å². The maximum absolute atomic E-state index is 8.87. The highest BCUT2D eigenvalue weighted by Crippen LogP contribution is 2.19. The molecule has 1 aliphatic rings. The normalized spacial score (nSPS) is 18.9. The molecule has 14 heavy (non-hydrogen) atoms. The summed E-state index contributed by atoms with van der Waals surface area (Å²) < 4.78 is 5.46. The van der Waals surface area contributed by atoms with Crippen molar-refractivity contribution in [2.24, 2.45) is 0 Å². The first-order valence-corrected chi connectivity index (χ1v) is 4.92. The molecule has 1 aromatic rings. The number of aliphatic hydroxyl groups is 1. The fourth-order valence-electron chi connectivity index (χ4n) is 1.65. The number of likely N-dealkylation sites (N-methyl/N-ethyl adjacent to an activating group) is 1. The maximum atomic E-state index is 8.87. The average molecular weight is 196 g/mol. The molecule has 2 heterocycles. The minimum atomic E-state index is -0.0201. The Hall–Kier alpha value is -1.00. The van der Waals surface area contributed by atoms with Crippen LogP contribution in [0.25, 0.3) is 0 Å². The van der Waals surface area contributed by atoms with E-state index in [1.54, 1.807) is 0 Å². The van der Waals surface area contributed by atoms with Gasteiger partial charge in [0, 0.05) is 32.2 Å². The van der Waals surface area contributed by atoms with E-state index < -0.39 is 0 Å². The van der Waals surface area contributed by atoms with Crippen molar-refractivity contribution in [3.05, 3.63) is 17.9 Å². The number of rotatable bonds is 2. The lowest BCUT2D eigenvalue weighted by atomic mass is 10.3. The second kappa shape index (κ2) is 4.02. The number of anilines is 1. The van der Waals surface area contributed by atoms with Gasteiger partial charge in [0.15, 0.2) is 5.88 Å². The predicted molar refractivity (Wildman–Crippen MR) is 54.3 cm³/mol. The van der Waals surface area contributed by atoms with Crippen molar-refractivity contribution in [2.45, 2.75) is 6.61 Å². The molecule has 0 atom stereocenters. The smallest absolute Gasteiger partial charge is 0.195 e. The second-order valence-electron chi connectivity index (χ2n) is 3.69. The number of aliphatic hydroxyl groups excluding tert-OH is 1. The molecule has 0 bridgehead atoms. The maximum Gasteiger partial charge on any atom is 0.195 e. The van der Waals surface area contributed by atoms with Crippen LogP contribution in [0.15, 0.2) is 16.5 Å². The van der Waals surface area contributed by atoms with Gasteiger partial charge in [0.05, 0.1) is 0 Å². The summed E-state index contributed by atoms with van der Waals surface area (Å²) >= 11 is 0. The fourth-order valence-corrected chi connectivity index (χ4v) is 1.65. The van der Waals surface area contributed by atoms with Crippen LogP contribution in [0.5, 0.6) is 0 Å². The van der Waals surface area contributed by atoms with Gasteiger partial charge >= 0.3 is 0 Å². The summed E-state index contributed by atoms with van der Waals surface area (Å²) in [5.74, 6) is 1.51. The molecule has 4 nitrogen and oxygen atoms in total. The molecular weight excluding hydrogens is 180 g/mol. The molecule has 1 N–H and O–H groups in total. The zero-order valence-corrected chi connectivity index (χ0v) is 8.44. The van der Waals surface area contributed by atoms with Crippen LogP contribution in [0.4, 0.5) is 5.88 Å². The van der Waals surface area contributed by atoms with Crippen molar-refractivity contribution < 1.29 is 9.52 Å². The van der Waals surface area contributed by atoms with Crippen LogP contribution in [0.1, 0.15) is 5.76 Å². The zero-order chi connectivity index (χ0) is 9.97. The van der Waals surface area contributed by atoms with Crippen LogP contribution >= 0.6 is 0 Å². The minimum Gasteiger partial charge on any atom is -0.443 e. The summed E-state index contributed by atoms with van der Waals surface area (Å²) in [5.41, 5.74) is 0. The molecule has 1 saturated heterocycles. The van der Waals surface area contributed by atoms with Crippen LogP contribution in [-0.2, 0) is 6.61 Å². The van der Waals surface area contributed by atoms with E-state index in [9.17, 15) is 0 Å². The summed E-state index contributed by atoms with van der Waals surface area (Å²) in [5, 5.41) is 8.87. The molecule has 1 fully saturated rings. The Morgan fingerprint density at radius 2 is 2.00 bits per heavy atom. The lowest BCUT2D eigenvalue weighted by molar-refractivity contribution is 0.245. The highest BCUT2D eigenvalue weighted by Gasteiger charge is 2.16. The van der Waals surface area contributed by atoms with Gasteiger partial charge in [-0.15, -0.1) is 0 Å². The van der Waals surface area contributed by atoms with Gasteiger partial charge in [-0.25, -0.2) is 0 Å². The Morgan fingerprint density at radius 1 is 1.29 bits per heavy atom. The molecule has 0 saturated carbocycles. The molecule has 0 amide bonds. The number of furan rings is 1. The number of nitrogens with zero attached hydrogens (tertiary/aromatic N) is 2.